The zero-order valence-electron chi connectivity index (χ0n) is 43.5. The normalized spacial score (nSPS) is 13.4. The molecule has 0 saturated carbocycles. The fourth-order valence-corrected chi connectivity index (χ4v) is 8.66. The third-order valence-corrected chi connectivity index (χ3v) is 13.0. The van der Waals surface area contributed by atoms with E-state index >= 15 is 0 Å². The van der Waals surface area contributed by atoms with Gasteiger partial charge in [-0.2, -0.15) is 0 Å². The Hall–Kier alpha value is -2.17. The Balaban J connectivity index is 3.50. The van der Waals surface area contributed by atoms with Crippen LogP contribution in [0.25, 0.3) is 0 Å². The Morgan fingerprint density at radius 1 is 0.385 bits per heavy atom. The zero-order chi connectivity index (χ0) is 47.0. The van der Waals surface area contributed by atoms with Gasteiger partial charge >= 0.3 is 0 Å². The minimum atomic E-state index is -0.664. The molecule has 0 aromatic rings. The van der Waals surface area contributed by atoms with Crippen molar-refractivity contribution in [3.05, 3.63) is 72.9 Å². The fraction of sp³-hybridized carbons (Fsp3) is 0.787. The van der Waals surface area contributed by atoms with Gasteiger partial charge in [0.05, 0.1) is 18.8 Å². The van der Waals surface area contributed by atoms with Gasteiger partial charge in [0.25, 0.3) is 0 Å². The maximum Gasteiger partial charge on any atom is 0.220 e. The molecule has 1 amide bonds. The highest BCUT2D eigenvalue weighted by atomic mass is 16.3. The van der Waals surface area contributed by atoms with Gasteiger partial charge in [0, 0.05) is 6.42 Å². The molecule has 0 rings (SSSR count). The number of carbonyl (C=O) groups is 1. The summed E-state index contributed by atoms with van der Waals surface area (Å²) in [5, 5.41) is 23.4. The smallest absolute Gasteiger partial charge is 0.220 e. The molecule has 0 bridgehead atoms. The molecule has 0 aromatic carbocycles. The average molecular weight is 907 g/mol. The van der Waals surface area contributed by atoms with Crippen molar-refractivity contribution in [2.24, 2.45) is 0 Å². The minimum Gasteiger partial charge on any atom is -0.394 e. The third-order valence-electron chi connectivity index (χ3n) is 13.0. The van der Waals surface area contributed by atoms with E-state index in [1.807, 2.05) is 0 Å². The van der Waals surface area contributed by atoms with Crippen molar-refractivity contribution in [3.63, 3.8) is 0 Å². The van der Waals surface area contributed by atoms with Crippen LogP contribution in [0.3, 0.4) is 0 Å². The molecule has 378 valence electrons. The summed E-state index contributed by atoms with van der Waals surface area (Å²) in [4.78, 5) is 12.5. The van der Waals surface area contributed by atoms with Crippen molar-refractivity contribution < 1.29 is 15.0 Å². The summed E-state index contributed by atoms with van der Waals surface area (Å²) in [6.07, 6.45) is 80.3. The van der Waals surface area contributed by atoms with E-state index in [-0.39, 0.29) is 12.5 Å². The molecular formula is C61H111NO3. The monoisotopic (exact) mass is 906 g/mol. The van der Waals surface area contributed by atoms with E-state index in [1.54, 1.807) is 0 Å². The van der Waals surface area contributed by atoms with E-state index in [1.165, 1.54) is 199 Å². The standard InChI is InChI=1S/C61H111NO3/c1-3-5-7-9-11-13-15-17-19-21-23-25-27-28-29-30-31-32-33-34-35-37-39-41-43-45-47-49-51-53-55-57-61(65)62-59(58-63)60(64)56-54-52-50-48-46-44-42-40-38-36-26-24-22-20-18-16-14-12-10-8-6-4-2/h5,7,11,13,17,19,23,25,28-29,31-32,59-60,63-64H,3-4,6,8-10,12,14-16,18,20-22,24,26-27,30,33-58H2,1-2H3,(H,62,65)/b7-5-,13-11-,19-17-,25-23-,29-28-,32-31-. The highest BCUT2D eigenvalue weighted by Gasteiger charge is 2.20. The summed E-state index contributed by atoms with van der Waals surface area (Å²) < 4.78 is 0. The van der Waals surface area contributed by atoms with Gasteiger partial charge in [0.1, 0.15) is 0 Å². The average Bonchev–Trinajstić information content (AvgIpc) is 3.31. The lowest BCUT2D eigenvalue weighted by Crippen LogP contribution is -2.45. The van der Waals surface area contributed by atoms with Crippen LogP contribution in [-0.2, 0) is 4.79 Å². The van der Waals surface area contributed by atoms with Gasteiger partial charge in [-0.1, -0.05) is 292 Å². The van der Waals surface area contributed by atoms with Gasteiger partial charge in [0.15, 0.2) is 0 Å². The van der Waals surface area contributed by atoms with Crippen molar-refractivity contribution in [2.45, 2.75) is 302 Å². The molecule has 0 aromatic heterocycles. The second kappa shape index (κ2) is 56.2. The molecule has 2 atom stereocenters. The Kier molecular flexibility index (Phi) is 54.3. The van der Waals surface area contributed by atoms with E-state index in [2.05, 4.69) is 92.1 Å². The van der Waals surface area contributed by atoms with E-state index in [0.29, 0.717) is 12.8 Å². The molecule has 0 radical (unpaired) electrons. The molecule has 0 fully saturated rings. The molecule has 3 N–H and O–H groups in total. The van der Waals surface area contributed by atoms with E-state index in [9.17, 15) is 15.0 Å². The first kappa shape index (κ1) is 62.8. The predicted octanol–water partition coefficient (Wildman–Crippen LogP) is 19.0. The lowest BCUT2D eigenvalue weighted by Gasteiger charge is -2.22. The second-order valence-corrected chi connectivity index (χ2v) is 19.3. The Bertz CT molecular complexity index is 1120. The zero-order valence-corrected chi connectivity index (χ0v) is 43.5. The first-order chi connectivity index (χ1) is 32.2. The van der Waals surface area contributed by atoms with Crippen molar-refractivity contribution in [1.82, 2.24) is 5.32 Å². The predicted molar refractivity (Wildman–Crippen MR) is 290 cm³/mol. The summed E-state index contributed by atoms with van der Waals surface area (Å²) in [6.45, 7) is 4.27. The second-order valence-electron chi connectivity index (χ2n) is 19.3. The Morgan fingerprint density at radius 2 is 0.677 bits per heavy atom. The third kappa shape index (κ3) is 52.7. The number of nitrogens with one attached hydrogen (secondary N) is 1. The van der Waals surface area contributed by atoms with Crippen LogP contribution in [0.15, 0.2) is 72.9 Å². The number of amides is 1. The van der Waals surface area contributed by atoms with Crippen molar-refractivity contribution >= 4 is 5.91 Å². The minimum absolute atomic E-state index is 0.0328. The molecule has 0 aliphatic heterocycles. The van der Waals surface area contributed by atoms with Gasteiger partial charge in [-0.15, -0.1) is 0 Å². The number of unbranched alkanes of at least 4 members (excludes halogenated alkanes) is 33. The Labute approximate surface area is 406 Å². The summed E-state index contributed by atoms with van der Waals surface area (Å²) in [7, 11) is 0. The molecule has 2 unspecified atom stereocenters. The SMILES string of the molecule is CC/C=C\C/C=C\C/C=C\C/C=C\C/C=C\C/C=C\CCCCCCCCCCCCCCC(=O)NC(CO)C(O)CCCCCCCCCCCCCCCCCCCCCCCC. The van der Waals surface area contributed by atoms with Gasteiger partial charge in [-0.3, -0.25) is 4.79 Å². The molecule has 0 aliphatic carbocycles. The van der Waals surface area contributed by atoms with Crippen LogP contribution in [0.4, 0.5) is 0 Å². The number of aliphatic hydroxyl groups excluding tert-OH is 2. The number of allylic oxidation sites excluding steroid dienone is 12. The van der Waals surface area contributed by atoms with Crippen molar-refractivity contribution in [1.29, 1.82) is 0 Å². The molecule has 0 spiro atoms. The number of hydrogen-bond acceptors (Lipinski definition) is 3. The highest BCUT2D eigenvalue weighted by Crippen LogP contribution is 2.17. The van der Waals surface area contributed by atoms with Crippen LogP contribution in [0.1, 0.15) is 290 Å². The van der Waals surface area contributed by atoms with Crippen LogP contribution >= 0.6 is 0 Å². The quantitative estimate of drug-likeness (QED) is 0.0421. The molecule has 0 saturated heterocycles. The van der Waals surface area contributed by atoms with Crippen LogP contribution in [0.5, 0.6) is 0 Å². The van der Waals surface area contributed by atoms with Crippen molar-refractivity contribution in [2.75, 3.05) is 6.61 Å². The molecule has 4 nitrogen and oxygen atoms in total. The molecule has 4 heteroatoms. The van der Waals surface area contributed by atoms with E-state index < -0.39 is 12.1 Å². The topological polar surface area (TPSA) is 69.6 Å². The lowest BCUT2D eigenvalue weighted by molar-refractivity contribution is -0.123. The largest absolute Gasteiger partial charge is 0.394 e. The number of aliphatic hydroxyl groups is 2. The van der Waals surface area contributed by atoms with Crippen LogP contribution in [0, 0.1) is 0 Å². The van der Waals surface area contributed by atoms with E-state index in [0.717, 1.165) is 64.2 Å². The van der Waals surface area contributed by atoms with Crippen LogP contribution < -0.4 is 5.32 Å². The summed E-state index contributed by atoms with van der Waals surface area (Å²) in [6, 6.07) is -0.542. The molecular weight excluding hydrogens is 795 g/mol. The maximum absolute atomic E-state index is 12.5. The van der Waals surface area contributed by atoms with Crippen LogP contribution in [-0.4, -0.2) is 34.9 Å². The molecule has 65 heavy (non-hydrogen) atoms. The number of hydrogen-bond donors (Lipinski definition) is 3. The fourth-order valence-electron chi connectivity index (χ4n) is 8.66. The first-order valence-corrected chi connectivity index (χ1v) is 28.6. The summed E-state index contributed by atoms with van der Waals surface area (Å²) >= 11 is 0. The summed E-state index contributed by atoms with van der Waals surface area (Å²) in [5.41, 5.74) is 0. The van der Waals surface area contributed by atoms with Gasteiger partial charge in [-0.05, 0) is 64.2 Å². The number of rotatable bonds is 52. The molecule has 0 aliphatic rings. The number of carbonyl (C=O) groups excluding carboxylic acids is 1. The highest BCUT2D eigenvalue weighted by molar-refractivity contribution is 5.76. The molecule has 0 heterocycles. The summed E-state index contributed by atoms with van der Waals surface area (Å²) in [5.74, 6) is -0.0328. The van der Waals surface area contributed by atoms with E-state index in [4.69, 9.17) is 0 Å². The van der Waals surface area contributed by atoms with Gasteiger partial charge in [0.2, 0.25) is 5.91 Å². The Morgan fingerprint density at radius 3 is 1.02 bits per heavy atom. The lowest BCUT2D eigenvalue weighted by atomic mass is 10.0. The van der Waals surface area contributed by atoms with Crippen molar-refractivity contribution in [3.8, 4) is 0 Å². The maximum atomic E-state index is 12.5. The first-order valence-electron chi connectivity index (χ1n) is 28.6. The van der Waals surface area contributed by atoms with Gasteiger partial charge < -0.3 is 15.5 Å². The van der Waals surface area contributed by atoms with Crippen LogP contribution in [0.2, 0.25) is 0 Å². The van der Waals surface area contributed by atoms with Gasteiger partial charge in [-0.25, -0.2) is 0 Å².